The monoisotopic (exact) mass is 374 g/mol. The molecule has 1 N–H and O–H groups in total. The van der Waals surface area contributed by atoms with Crippen LogP contribution in [0.2, 0.25) is 0 Å². The Morgan fingerprint density at radius 1 is 0.964 bits per heavy atom. The summed E-state index contributed by atoms with van der Waals surface area (Å²) in [6.07, 6.45) is 0. The van der Waals surface area contributed by atoms with Gasteiger partial charge in [0, 0.05) is 42.8 Å². The molecule has 2 aromatic heterocycles. The van der Waals surface area contributed by atoms with E-state index in [1.807, 2.05) is 63.5 Å². The summed E-state index contributed by atoms with van der Waals surface area (Å²) in [6, 6.07) is 17.8. The van der Waals surface area contributed by atoms with Crippen LogP contribution in [-0.4, -0.2) is 40.8 Å². The summed E-state index contributed by atoms with van der Waals surface area (Å²) in [4.78, 5) is 11.2. The molecule has 2 aromatic carbocycles. The van der Waals surface area contributed by atoms with Gasteiger partial charge in [-0.05, 0) is 55.5 Å². The first kappa shape index (κ1) is 17.8. The SMILES string of the molecule is COc1ccc(-c2nc3nc(C)cc(Nc4ccc(N(C)C)cc4)n3n2)cc1. The number of nitrogens with zero attached hydrogens (tertiary/aromatic N) is 5. The van der Waals surface area contributed by atoms with Crippen molar-refractivity contribution in [2.75, 3.05) is 31.4 Å². The Kier molecular flexibility index (Phi) is 4.57. The summed E-state index contributed by atoms with van der Waals surface area (Å²) in [5.41, 5.74) is 3.89. The molecule has 0 saturated heterocycles. The van der Waals surface area contributed by atoms with Crippen molar-refractivity contribution in [2.24, 2.45) is 0 Å². The van der Waals surface area contributed by atoms with Gasteiger partial charge in [-0.25, -0.2) is 4.98 Å². The predicted molar refractivity (Wildman–Crippen MR) is 112 cm³/mol. The Morgan fingerprint density at radius 2 is 1.68 bits per heavy atom. The molecule has 142 valence electrons. The van der Waals surface area contributed by atoms with Gasteiger partial charge in [-0.15, -0.1) is 5.10 Å². The van der Waals surface area contributed by atoms with Crippen molar-refractivity contribution in [2.45, 2.75) is 6.92 Å². The van der Waals surface area contributed by atoms with E-state index in [9.17, 15) is 0 Å². The van der Waals surface area contributed by atoms with Gasteiger partial charge in [0.1, 0.15) is 11.6 Å². The van der Waals surface area contributed by atoms with Gasteiger partial charge in [0.05, 0.1) is 7.11 Å². The first-order chi connectivity index (χ1) is 13.5. The number of anilines is 3. The minimum absolute atomic E-state index is 0.554. The quantitative estimate of drug-likeness (QED) is 0.571. The summed E-state index contributed by atoms with van der Waals surface area (Å²) in [5.74, 6) is 2.78. The normalized spacial score (nSPS) is 10.9. The van der Waals surface area contributed by atoms with E-state index >= 15 is 0 Å². The van der Waals surface area contributed by atoms with Crippen molar-refractivity contribution in [3.63, 3.8) is 0 Å². The fourth-order valence-corrected chi connectivity index (χ4v) is 2.93. The zero-order valence-electron chi connectivity index (χ0n) is 16.3. The highest BCUT2D eigenvalue weighted by atomic mass is 16.5. The average molecular weight is 374 g/mol. The molecular formula is C21H22N6O. The van der Waals surface area contributed by atoms with Crippen LogP contribution in [0.5, 0.6) is 5.75 Å². The smallest absolute Gasteiger partial charge is 0.254 e. The van der Waals surface area contributed by atoms with Crippen LogP contribution < -0.4 is 15.0 Å². The molecule has 0 aliphatic rings. The molecule has 4 aromatic rings. The van der Waals surface area contributed by atoms with Crippen LogP contribution in [0.25, 0.3) is 17.2 Å². The lowest BCUT2D eigenvalue weighted by Gasteiger charge is -2.13. The second-order valence-corrected chi connectivity index (χ2v) is 6.72. The number of benzene rings is 2. The van der Waals surface area contributed by atoms with Crippen molar-refractivity contribution >= 4 is 23.0 Å². The van der Waals surface area contributed by atoms with Crippen molar-refractivity contribution < 1.29 is 4.74 Å². The lowest BCUT2D eigenvalue weighted by Crippen LogP contribution is -2.08. The van der Waals surface area contributed by atoms with Gasteiger partial charge < -0.3 is 15.0 Å². The van der Waals surface area contributed by atoms with Crippen molar-refractivity contribution in [3.8, 4) is 17.1 Å². The molecule has 4 rings (SSSR count). The number of rotatable bonds is 5. The predicted octanol–water partition coefficient (Wildman–Crippen LogP) is 3.92. The number of ether oxygens (including phenoxy) is 1. The van der Waals surface area contributed by atoms with E-state index in [1.54, 1.807) is 11.6 Å². The maximum Gasteiger partial charge on any atom is 0.254 e. The largest absolute Gasteiger partial charge is 0.497 e. The number of methoxy groups -OCH3 is 1. The van der Waals surface area contributed by atoms with E-state index in [-0.39, 0.29) is 0 Å². The summed E-state index contributed by atoms with van der Waals surface area (Å²) < 4.78 is 6.95. The third-order valence-corrected chi connectivity index (χ3v) is 4.44. The number of nitrogens with one attached hydrogen (secondary N) is 1. The van der Waals surface area contributed by atoms with E-state index in [2.05, 4.69) is 37.4 Å². The lowest BCUT2D eigenvalue weighted by molar-refractivity contribution is 0.415. The molecule has 0 aliphatic carbocycles. The van der Waals surface area contributed by atoms with Crippen LogP contribution in [0, 0.1) is 6.92 Å². The molecule has 0 fully saturated rings. The molecule has 7 nitrogen and oxygen atoms in total. The van der Waals surface area contributed by atoms with E-state index in [0.29, 0.717) is 11.6 Å². The third-order valence-electron chi connectivity index (χ3n) is 4.44. The van der Waals surface area contributed by atoms with E-state index < -0.39 is 0 Å². The topological polar surface area (TPSA) is 67.6 Å². The Labute approximate surface area is 163 Å². The van der Waals surface area contributed by atoms with Gasteiger partial charge >= 0.3 is 0 Å². The maximum absolute atomic E-state index is 5.22. The second-order valence-electron chi connectivity index (χ2n) is 6.72. The van der Waals surface area contributed by atoms with Crippen LogP contribution in [0.1, 0.15) is 5.69 Å². The van der Waals surface area contributed by atoms with E-state index in [1.165, 1.54) is 0 Å². The zero-order valence-corrected chi connectivity index (χ0v) is 16.3. The molecule has 2 heterocycles. The highest BCUT2D eigenvalue weighted by molar-refractivity contribution is 5.64. The Hall–Kier alpha value is -3.61. The molecule has 7 heteroatoms. The van der Waals surface area contributed by atoms with Crippen molar-refractivity contribution in [3.05, 3.63) is 60.3 Å². The maximum atomic E-state index is 5.22. The summed E-state index contributed by atoms with van der Waals surface area (Å²) >= 11 is 0. The standard InChI is InChI=1S/C21H22N6O/c1-14-13-19(23-16-7-9-17(10-8-16)26(2)3)27-21(22-14)24-20(25-27)15-5-11-18(28-4)12-6-15/h5-13,23H,1-4H3. The minimum atomic E-state index is 0.554. The molecule has 0 amide bonds. The molecule has 0 bridgehead atoms. The number of aromatic nitrogens is 4. The Balaban J connectivity index is 1.70. The Morgan fingerprint density at radius 3 is 2.32 bits per heavy atom. The minimum Gasteiger partial charge on any atom is -0.497 e. The first-order valence-electron chi connectivity index (χ1n) is 8.97. The molecular weight excluding hydrogens is 352 g/mol. The molecule has 0 aliphatic heterocycles. The summed E-state index contributed by atoms with van der Waals surface area (Å²) in [7, 11) is 5.69. The molecule has 0 radical (unpaired) electrons. The molecule has 0 atom stereocenters. The van der Waals surface area contributed by atoms with Crippen molar-refractivity contribution in [1.82, 2.24) is 19.6 Å². The van der Waals surface area contributed by atoms with Crippen LogP contribution in [0.15, 0.2) is 54.6 Å². The number of hydrogen-bond donors (Lipinski definition) is 1. The van der Waals surface area contributed by atoms with Crippen LogP contribution in [0.4, 0.5) is 17.2 Å². The lowest BCUT2D eigenvalue weighted by atomic mass is 10.2. The van der Waals surface area contributed by atoms with Crippen LogP contribution in [-0.2, 0) is 0 Å². The zero-order chi connectivity index (χ0) is 19.7. The number of hydrogen-bond acceptors (Lipinski definition) is 6. The van der Waals surface area contributed by atoms with Gasteiger partial charge in [0.15, 0.2) is 5.82 Å². The van der Waals surface area contributed by atoms with Gasteiger partial charge in [-0.2, -0.15) is 9.50 Å². The number of aryl methyl sites for hydroxylation is 1. The molecule has 28 heavy (non-hydrogen) atoms. The highest BCUT2D eigenvalue weighted by Crippen LogP contribution is 2.24. The fraction of sp³-hybridized carbons (Fsp3) is 0.190. The van der Waals surface area contributed by atoms with Gasteiger partial charge in [0.2, 0.25) is 0 Å². The van der Waals surface area contributed by atoms with E-state index in [4.69, 9.17) is 4.74 Å². The molecule has 0 saturated carbocycles. The highest BCUT2D eigenvalue weighted by Gasteiger charge is 2.12. The van der Waals surface area contributed by atoms with Gasteiger partial charge in [-0.3, -0.25) is 0 Å². The van der Waals surface area contributed by atoms with Crippen molar-refractivity contribution in [1.29, 1.82) is 0 Å². The third kappa shape index (κ3) is 3.46. The van der Waals surface area contributed by atoms with Crippen LogP contribution >= 0.6 is 0 Å². The van der Waals surface area contributed by atoms with Crippen LogP contribution in [0.3, 0.4) is 0 Å². The second kappa shape index (κ2) is 7.19. The van der Waals surface area contributed by atoms with E-state index in [0.717, 1.165) is 34.2 Å². The first-order valence-corrected chi connectivity index (χ1v) is 8.97. The molecule has 0 spiro atoms. The molecule has 0 unspecified atom stereocenters. The Bertz CT molecular complexity index is 1100. The summed E-state index contributed by atoms with van der Waals surface area (Å²) in [5, 5.41) is 8.07. The van der Waals surface area contributed by atoms with Gasteiger partial charge in [0.25, 0.3) is 5.78 Å². The summed E-state index contributed by atoms with van der Waals surface area (Å²) in [6.45, 7) is 1.95. The van der Waals surface area contributed by atoms with Gasteiger partial charge in [-0.1, -0.05) is 0 Å². The average Bonchev–Trinajstić information content (AvgIpc) is 3.12. The fourth-order valence-electron chi connectivity index (χ4n) is 2.93. The number of fused-ring (bicyclic) bond motifs is 1.